The van der Waals surface area contributed by atoms with Crippen LogP contribution < -0.4 is 20.7 Å². The number of nitrogens with zero attached hydrogens (tertiary/aromatic N) is 1. The van der Waals surface area contributed by atoms with Gasteiger partial charge in [-0.3, -0.25) is 4.79 Å². The normalized spacial score (nSPS) is 20.0. The van der Waals surface area contributed by atoms with Crippen LogP contribution in [0.1, 0.15) is 23.5 Å². The van der Waals surface area contributed by atoms with Gasteiger partial charge in [-0.15, -0.1) is 0 Å². The van der Waals surface area contributed by atoms with Crippen molar-refractivity contribution in [3.63, 3.8) is 0 Å². The third-order valence-electron chi connectivity index (χ3n) is 5.22. The van der Waals surface area contributed by atoms with Crippen LogP contribution in [0.25, 0.3) is 0 Å². The van der Waals surface area contributed by atoms with Gasteiger partial charge in [0.05, 0.1) is 18.7 Å². The van der Waals surface area contributed by atoms with Crippen molar-refractivity contribution in [2.24, 2.45) is 0 Å². The maximum absolute atomic E-state index is 14.7. The molecule has 2 aromatic rings. The summed E-state index contributed by atoms with van der Waals surface area (Å²) in [6.45, 7) is -0.656. The number of methoxy groups -OCH3 is 1. The van der Waals surface area contributed by atoms with Gasteiger partial charge in [0.1, 0.15) is 22.9 Å². The molecule has 2 aromatic carbocycles. The molecule has 31 heavy (non-hydrogen) atoms. The summed E-state index contributed by atoms with van der Waals surface area (Å²) in [7, 11) is 1.26. The van der Waals surface area contributed by atoms with E-state index in [1.807, 2.05) is 6.07 Å². The van der Waals surface area contributed by atoms with Crippen molar-refractivity contribution in [3.05, 3.63) is 59.2 Å². The number of nitriles is 1. The predicted molar refractivity (Wildman–Crippen MR) is 106 cm³/mol. The molecule has 162 valence electrons. The minimum absolute atomic E-state index is 0.0321. The van der Waals surface area contributed by atoms with Crippen LogP contribution in [0.15, 0.2) is 36.4 Å². The van der Waals surface area contributed by atoms with Gasteiger partial charge >= 0.3 is 6.03 Å². The fourth-order valence-corrected chi connectivity index (χ4v) is 3.71. The van der Waals surface area contributed by atoms with Gasteiger partial charge in [-0.25, -0.2) is 13.6 Å². The predicted octanol–water partition coefficient (Wildman–Crippen LogP) is 2.00. The molecule has 2 atom stereocenters. The Morgan fingerprint density at radius 2 is 1.97 bits per heavy atom. The lowest BCUT2D eigenvalue weighted by molar-refractivity contribution is -0.125. The fraction of sp³-hybridized carbons (Fsp3) is 0.286. The second kappa shape index (κ2) is 8.97. The number of hydrogen-bond acceptors (Lipinski definition) is 5. The Kier molecular flexibility index (Phi) is 6.36. The van der Waals surface area contributed by atoms with Gasteiger partial charge in [0.2, 0.25) is 5.91 Å². The van der Waals surface area contributed by atoms with E-state index in [9.17, 15) is 23.5 Å². The van der Waals surface area contributed by atoms with E-state index in [-0.39, 0.29) is 18.7 Å². The van der Waals surface area contributed by atoms with Gasteiger partial charge in [0, 0.05) is 48.9 Å². The molecule has 1 saturated heterocycles. The van der Waals surface area contributed by atoms with Crippen molar-refractivity contribution < 1.29 is 28.2 Å². The molecule has 1 aliphatic rings. The van der Waals surface area contributed by atoms with Gasteiger partial charge in [-0.05, 0) is 24.3 Å². The Morgan fingerprint density at radius 1 is 1.32 bits per heavy atom. The van der Waals surface area contributed by atoms with E-state index in [0.29, 0.717) is 11.3 Å². The monoisotopic (exact) mass is 430 g/mol. The first-order valence-electron chi connectivity index (χ1n) is 9.36. The van der Waals surface area contributed by atoms with Crippen molar-refractivity contribution in [2.75, 3.05) is 25.6 Å². The Balaban J connectivity index is 1.93. The molecule has 0 aromatic heterocycles. The van der Waals surface area contributed by atoms with Crippen LogP contribution in [0, 0.1) is 23.0 Å². The van der Waals surface area contributed by atoms with E-state index < -0.39 is 47.2 Å². The average Bonchev–Trinajstić information content (AvgIpc) is 3.04. The molecule has 1 heterocycles. The number of nitrogens with one attached hydrogen (secondary N) is 3. The second-order valence-electron chi connectivity index (χ2n) is 6.98. The zero-order chi connectivity index (χ0) is 22.6. The summed E-state index contributed by atoms with van der Waals surface area (Å²) < 4.78 is 34.3. The summed E-state index contributed by atoms with van der Waals surface area (Å²) in [5, 5.41) is 25.9. The zero-order valence-corrected chi connectivity index (χ0v) is 16.5. The maximum atomic E-state index is 14.7. The van der Waals surface area contributed by atoms with Crippen molar-refractivity contribution in [2.45, 2.75) is 17.9 Å². The number of rotatable bonds is 6. The van der Waals surface area contributed by atoms with E-state index in [1.54, 1.807) is 0 Å². The van der Waals surface area contributed by atoms with Crippen LogP contribution in [0.3, 0.4) is 0 Å². The number of hydrogen-bond donors (Lipinski definition) is 4. The topological polar surface area (TPSA) is 123 Å². The first kappa shape index (κ1) is 22.0. The van der Waals surface area contributed by atoms with Gasteiger partial charge in [0.25, 0.3) is 0 Å². The highest BCUT2D eigenvalue weighted by molar-refractivity contribution is 5.98. The quantitative estimate of drug-likeness (QED) is 0.558. The number of benzene rings is 2. The fourth-order valence-electron chi connectivity index (χ4n) is 3.71. The van der Waals surface area contributed by atoms with Gasteiger partial charge in [0.15, 0.2) is 0 Å². The van der Waals surface area contributed by atoms with E-state index in [2.05, 4.69) is 16.0 Å². The highest BCUT2D eigenvalue weighted by Crippen LogP contribution is 2.39. The standard InChI is InChI=1S/C21H20F2N4O4/c1-31-14-8-16(22)18(17(23)9-14)15-11-25-19(29)21(15,6-7-28)27-20(30)26-13-4-2-12(10-24)3-5-13/h2-5,8-9,15,28H,6-7,11H2,1H3,(H,25,29)(H2,26,27,30)/t15-,21-/m0/s1. The number of carbonyl (C=O) groups excluding carboxylic acids is 2. The third-order valence-corrected chi connectivity index (χ3v) is 5.22. The summed E-state index contributed by atoms with van der Waals surface area (Å²) in [6.07, 6.45) is -0.269. The number of ether oxygens (including phenoxy) is 1. The number of aliphatic hydroxyl groups excluding tert-OH is 1. The first-order valence-corrected chi connectivity index (χ1v) is 9.36. The maximum Gasteiger partial charge on any atom is 0.320 e. The number of amides is 3. The molecule has 0 spiro atoms. The Hall–Kier alpha value is -3.71. The minimum Gasteiger partial charge on any atom is -0.497 e. The lowest BCUT2D eigenvalue weighted by Crippen LogP contribution is -2.58. The van der Waals surface area contributed by atoms with Crippen LogP contribution in [0.5, 0.6) is 5.75 Å². The third kappa shape index (κ3) is 4.27. The van der Waals surface area contributed by atoms with Crippen LogP contribution in [-0.4, -0.2) is 42.8 Å². The molecule has 10 heteroatoms. The minimum atomic E-state index is -1.79. The number of anilines is 1. The van der Waals surface area contributed by atoms with Crippen molar-refractivity contribution in [1.82, 2.24) is 10.6 Å². The second-order valence-corrected chi connectivity index (χ2v) is 6.98. The smallest absolute Gasteiger partial charge is 0.320 e. The number of urea groups is 1. The van der Waals surface area contributed by atoms with Crippen LogP contribution in [0.2, 0.25) is 0 Å². The summed E-state index contributed by atoms with van der Waals surface area (Å²) in [5.74, 6) is -3.69. The van der Waals surface area contributed by atoms with Crippen molar-refractivity contribution in [3.8, 4) is 11.8 Å². The molecule has 0 aliphatic carbocycles. The summed E-state index contributed by atoms with van der Waals surface area (Å²) >= 11 is 0. The van der Waals surface area contributed by atoms with Crippen LogP contribution in [0.4, 0.5) is 19.3 Å². The highest BCUT2D eigenvalue weighted by Gasteiger charge is 2.53. The molecule has 0 radical (unpaired) electrons. The van der Waals surface area contributed by atoms with Crippen molar-refractivity contribution >= 4 is 17.6 Å². The lowest BCUT2D eigenvalue weighted by atomic mass is 9.78. The van der Waals surface area contributed by atoms with Crippen LogP contribution in [-0.2, 0) is 4.79 Å². The summed E-state index contributed by atoms with van der Waals surface area (Å²) in [4.78, 5) is 25.4. The number of aliphatic hydroxyl groups is 1. The molecule has 0 saturated carbocycles. The molecule has 4 N–H and O–H groups in total. The van der Waals surface area contributed by atoms with E-state index >= 15 is 0 Å². The summed E-state index contributed by atoms with van der Waals surface area (Å²) in [6, 6.07) is 9.08. The molecule has 0 unspecified atom stereocenters. The van der Waals surface area contributed by atoms with Gasteiger partial charge < -0.3 is 25.8 Å². The zero-order valence-electron chi connectivity index (χ0n) is 16.5. The highest BCUT2D eigenvalue weighted by atomic mass is 19.1. The first-order chi connectivity index (χ1) is 14.8. The van der Waals surface area contributed by atoms with Crippen LogP contribution >= 0.6 is 0 Å². The largest absolute Gasteiger partial charge is 0.497 e. The lowest BCUT2D eigenvalue weighted by Gasteiger charge is -2.33. The van der Waals surface area contributed by atoms with E-state index in [0.717, 1.165) is 12.1 Å². The number of carbonyl (C=O) groups is 2. The number of halogens is 2. The molecule has 3 amide bonds. The van der Waals surface area contributed by atoms with Gasteiger partial charge in [-0.2, -0.15) is 5.26 Å². The Morgan fingerprint density at radius 3 is 2.52 bits per heavy atom. The SMILES string of the molecule is COc1cc(F)c([C@@H]2CNC(=O)[C@@]2(CCO)NC(=O)Nc2ccc(C#N)cc2)c(F)c1. The van der Waals surface area contributed by atoms with Gasteiger partial charge in [-0.1, -0.05) is 0 Å². The Bertz CT molecular complexity index is 1020. The van der Waals surface area contributed by atoms with E-state index in [4.69, 9.17) is 10.00 Å². The molecular formula is C21H20F2N4O4. The molecule has 3 rings (SSSR count). The molecule has 1 fully saturated rings. The molecule has 1 aliphatic heterocycles. The van der Waals surface area contributed by atoms with Crippen molar-refractivity contribution in [1.29, 1.82) is 5.26 Å². The molecule has 8 nitrogen and oxygen atoms in total. The Labute approximate surface area is 176 Å². The summed E-state index contributed by atoms with van der Waals surface area (Å²) in [5.41, 5.74) is -1.45. The average molecular weight is 430 g/mol. The molecule has 0 bridgehead atoms. The van der Waals surface area contributed by atoms with E-state index in [1.165, 1.54) is 31.4 Å². The molecular weight excluding hydrogens is 410 g/mol.